The molecular weight excluding hydrogens is 260 g/mol. The van der Waals surface area contributed by atoms with Crippen molar-refractivity contribution in [1.29, 1.82) is 0 Å². The van der Waals surface area contributed by atoms with Crippen molar-refractivity contribution in [3.63, 3.8) is 0 Å². The minimum Gasteiger partial charge on any atom is -0.299 e. The summed E-state index contributed by atoms with van der Waals surface area (Å²) >= 11 is 0. The largest absolute Gasteiger partial charge is 0.299 e. The maximum absolute atomic E-state index is 11.3. The van der Waals surface area contributed by atoms with Crippen LogP contribution in [0.2, 0.25) is 0 Å². The molecule has 0 aliphatic carbocycles. The zero-order chi connectivity index (χ0) is 13.7. The van der Waals surface area contributed by atoms with Crippen molar-refractivity contribution in [2.75, 3.05) is 25.9 Å². The van der Waals surface area contributed by atoms with Crippen molar-refractivity contribution in [3.8, 4) is 0 Å². The van der Waals surface area contributed by atoms with Gasteiger partial charge in [0.1, 0.15) is 0 Å². The van der Waals surface area contributed by atoms with Crippen molar-refractivity contribution in [2.24, 2.45) is 0 Å². The normalized spacial score (nSPS) is 18.6. The van der Waals surface area contributed by atoms with Crippen LogP contribution in [0.3, 0.4) is 0 Å². The monoisotopic (exact) mass is 282 g/mol. The molecule has 1 aromatic rings. The Hall–Kier alpha value is -0.910. The average molecular weight is 282 g/mol. The van der Waals surface area contributed by atoms with Crippen LogP contribution in [0.1, 0.15) is 18.4 Å². The Kier molecular flexibility index (Phi) is 4.96. The van der Waals surface area contributed by atoms with E-state index in [1.165, 1.54) is 24.7 Å². The molecule has 1 heterocycles. The van der Waals surface area contributed by atoms with Crippen molar-refractivity contribution in [3.05, 3.63) is 35.9 Å². The van der Waals surface area contributed by atoms with Gasteiger partial charge >= 0.3 is 0 Å². The lowest BCUT2D eigenvalue weighted by molar-refractivity contribution is 0.241. The van der Waals surface area contributed by atoms with E-state index in [-0.39, 0.29) is 6.04 Å². The van der Waals surface area contributed by atoms with E-state index in [0.717, 1.165) is 19.5 Å². The van der Waals surface area contributed by atoms with Crippen LogP contribution in [0.25, 0.3) is 0 Å². The predicted octanol–water partition coefficient (Wildman–Crippen LogP) is 1.24. The van der Waals surface area contributed by atoms with Crippen LogP contribution in [-0.2, 0) is 16.4 Å². The van der Waals surface area contributed by atoms with Gasteiger partial charge in [-0.15, -0.1) is 0 Å². The fraction of sp³-hybridized carbons (Fsp3) is 0.571. The Morgan fingerprint density at radius 2 is 1.84 bits per heavy atom. The third kappa shape index (κ3) is 4.93. The molecule has 1 aliphatic rings. The van der Waals surface area contributed by atoms with E-state index in [2.05, 4.69) is 21.8 Å². The van der Waals surface area contributed by atoms with Gasteiger partial charge in [0.15, 0.2) is 0 Å². The number of benzene rings is 1. The fourth-order valence-corrected chi connectivity index (χ4v) is 3.07. The molecule has 0 saturated carbocycles. The van der Waals surface area contributed by atoms with E-state index >= 15 is 0 Å². The van der Waals surface area contributed by atoms with Gasteiger partial charge in [0, 0.05) is 12.6 Å². The summed E-state index contributed by atoms with van der Waals surface area (Å²) in [4.78, 5) is 2.39. The maximum atomic E-state index is 11.3. The first-order chi connectivity index (χ1) is 9.04. The quantitative estimate of drug-likeness (QED) is 0.854. The molecule has 1 unspecified atom stereocenters. The SMILES string of the molecule is CS(=O)(=O)NCC(Cc1ccccc1)N1CCCC1. The van der Waals surface area contributed by atoms with Crippen LogP contribution < -0.4 is 4.72 Å². The van der Waals surface area contributed by atoms with Crippen LogP contribution in [0.4, 0.5) is 0 Å². The molecule has 1 fully saturated rings. The van der Waals surface area contributed by atoms with Crippen LogP contribution in [0, 0.1) is 0 Å². The van der Waals surface area contributed by atoms with Crippen molar-refractivity contribution >= 4 is 10.0 Å². The standard InChI is InChI=1S/C14H22N2O2S/c1-19(17,18)15-12-14(16-9-5-6-10-16)11-13-7-3-2-4-8-13/h2-4,7-8,14-15H,5-6,9-12H2,1H3. The minimum absolute atomic E-state index is 0.250. The second kappa shape index (κ2) is 6.50. The van der Waals surface area contributed by atoms with E-state index in [1.54, 1.807) is 0 Å². The smallest absolute Gasteiger partial charge is 0.208 e. The van der Waals surface area contributed by atoms with Crippen LogP contribution >= 0.6 is 0 Å². The number of hydrogen-bond acceptors (Lipinski definition) is 3. The lowest BCUT2D eigenvalue weighted by Crippen LogP contribution is -2.43. The Morgan fingerprint density at radius 1 is 1.21 bits per heavy atom. The molecule has 1 saturated heterocycles. The van der Waals surface area contributed by atoms with E-state index < -0.39 is 10.0 Å². The Morgan fingerprint density at radius 3 is 2.42 bits per heavy atom. The van der Waals surface area contributed by atoms with Gasteiger partial charge < -0.3 is 0 Å². The molecule has 106 valence electrons. The summed E-state index contributed by atoms with van der Waals surface area (Å²) in [5.41, 5.74) is 1.26. The van der Waals surface area contributed by atoms with Crippen molar-refractivity contribution in [2.45, 2.75) is 25.3 Å². The van der Waals surface area contributed by atoms with Crippen LogP contribution in [0.5, 0.6) is 0 Å². The molecule has 1 aliphatic heterocycles. The summed E-state index contributed by atoms with van der Waals surface area (Å²) < 4.78 is 25.2. The summed E-state index contributed by atoms with van der Waals surface area (Å²) in [6.07, 6.45) is 4.54. The first-order valence-electron chi connectivity index (χ1n) is 6.77. The van der Waals surface area contributed by atoms with Gasteiger partial charge in [-0.1, -0.05) is 30.3 Å². The first-order valence-corrected chi connectivity index (χ1v) is 8.66. The third-order valence-corrected chi connectivity index (χ3v) is 4.24. The molecule has 0 spiro atoms. The molecule has 1 atom stereocenters. The number of rotatable bonds is 6. The van der Waals surface area contributed by atoms with Gasteiger partial charge in [-0.2, -0.15) is 0 Å². The molecule has 19 heavy (non-hydrogen) atoms. The number of likely N-dealkylation sites (tertiary alicyclic amines) is 1. The summed E-state index contributed by atoms with van der Waals surface area (Å²) in [5, 5.41) is 0. The molecule has 0 aromatic heterocycles. The van der Waals surface area contributed by atoms with E-state index in [0.29, 0.717) is 6.54 Å². The van der Waals surface area contributed by atoms with E-state index in [1.807, 2.05) is 18.2 Å². The highest BCUT2D eigenvalue weighted by molar-refractivity contribution is 7.88. The molecule has 1 N–H and O–H groups in total. The van der Waals surface area contributed by atoms with Crippen molar-refractivity contribution in [1.82, 2.24) is 9.62 Å². The summed E-state index contributed by atoms with van der Waals surface area (Å²) in [6.45, 7) is 2.64. The van der Waals surface area contributed by atoms with Gasteiger partial charge in [-0.25, -0.2) is 13.1 Å². The van der Waals surface area contributed by atoms with E-state index in [4.69, 9.17) is 0 Å². The fourth-order valence-electron chi connectivity index (χ4n) is 2.57. The van der Waals surface area contributed by atoms with E-state index in [9.17, 15) is 8.42 Å². The third-order valence-electron chi connectivity index (χ3n) is 3.55. The van der Waals surface area contributed by atoms with Gasteiger partial charge in [-0.3, -0.25) is 4.90 Å². The maximum Gasteiger partial charge on any atom is 0.208 e. The van der Waals surface area contributed by atoms with Crippen LogP contribution in [-0.4, -0.2) is 45.2 Å². The van der Waals surface area contributed by atoms with Gasteiger partial charge in [0.2, 0.25) is 10.0 Å². The van der Waals surface area contributed by atoms with Gasteiger partial charge in [0.05, 0.1) is 6.26 Å². The number of sulfonamides is 1. The molecule has 0 radical (unpaired) electrons. The molecule has 4 nitrogen and oxygen atoms in total. The Bertz CT molecular complexity index is 481. The molecule has 1 aromatic carbocycles. The van der Waals surface area contributed by atoms with Gasteiger partial charge in [0.25, 0.3) is 0 Å². The highest BCUT2D eigenvalue weighted by Gasteiger charge is 2.22. The Balaban J connectivity index is 2.01. The predicted molar refractivity (Wildman–Crippen MR) is 77.6 cm³/mol. The first kappa shape index (κ1) is 14.5. The lowest BCUT2D eigenvalue weighted by atomic mass is 10.1. The molecule has 5 heteroatoms. The van der Waals surface area contributed by atoms with Crippen molar-refractivity contribution < 1.29 is 8.42 Å². The zero-order valence-corrected chi connectivity index (χ0v) is 12.2. The molecule has 0 bridgehead atoms. The lowest BCUT2D eigenvalue weighted by Gasteiger charge is -2.27. The molecular formula is C14H22N2O2S. The highest BCUT2D eigenvalue weighted by atomic mass is 32.2. The topological polar surface area (TPSA) is 49.4 Å². The number of nitrogens with zero attached hydrogens (tertiary/aromatic N) is 1. The van der Waals surface area contributed by atoms with Gasteiger partial charge in [-0.05, 0) is 37.9 Å². The number of hydrogen-bond donors (Lipinski definition) is 1. The summed E-state index contributed by atoms with van der Waals surface area (Å²) in [6, 6.07) is 10.5. The second-order valence-corrected chi connectivity index (χ2v) is 7.04. The zero-order valence-electron chi connectivity index (χ0n) is 11.4. The second-order valence-electron chi connectivity index (χ2n) is 5.21. The highest BCUT2D eigenvalue weighted by Crippen LogP contribution is 2.15. The van der Waals surface area contributed by atoms with Crippen LogP contribution in [0.15, 0.2) is 30.3 Å². The minimum atomic E-state index is -3.12. The summed E-state index contributed by atoms with van der Waals surface area (Å²) in [7, 11) is -3.12. The average Bonchev–Trinajstić information content (AvgIpc) is 2.88. The number of nitrogens with one attached hydrogen (secondary N) is 1. The molecule has 0 amide bonds. The summed E-state index contributed by atoms with van der Waals surface area (Å²) in [5.74, 6) is 0. The Labute approximate surface area is 115 Å². The molecule has 2 rings (SSSR count).